The van der Waals surface area contributed by atoms with Gasteiger partial charge in [0.05, 0.1) is 0 Å². The van der Waals surface area contributed by atoms with Gasteiger partial charge < -0.3 is 0 Å². The van der Waals surface area contributed by atoms with Crippen molar-refractivity contribution in [2.24, 2.45) is 0 Å². The van der Waals surface area contributed by atoms with Gasteiger partial charge in [-0.25, -0.2) is 0 Å². The molecule has 0 aliphatic heterocycles. The summed E-state index contributed by atoms with van der Waals surface area (Å²) in [6.45, 7) is 7.18. The molecule has 0 saturated carbocycles. The average Bonchev–Trinajstić information content (AvgIpc) is 3.20. The minimum absolute atomic E-state index is 0.274. The van der Waals surface area contributed by atoms with E-state index in [1.165, 1.54) is 58.1 Å². The van der Waals surface area contributed by atoms with E-state index in [0.717, 1.165) is 10.5 Å². The molecular formula is C19H35N3O2S2Sn. The van der Waals surface area contributed by atoms with Crippen molar-refractivity contribution in [2.45, 2.75) is 79.2 Å². The standard InChI is InChI=1S/C7H8N3O2S2.3C4H9.Sn/c1-14(11,12)9-4-6-7-10(5-8-6)2-3-13-7;3*1-3-4-2;/h2,5,9H,4H2,1H3;3*1,3-4H2,2H3;. The fraction of sp³-hybridized carbons (Fsp3) is 0.737. The zero-order valence-electron chi connectivity index (χ0n) is 17.3. The van der Waals surface area contributed by atoms with Gasteiger partial charge in [0.1, 0.15) is 0 Å². The Morgan fingerprint density at radius 1 is 1.07 bits per heavy atom. The van der Waals surface area contributed by atoms with Crippen LogP contribution in [0.3, 0.4) is 0 Å². The summed E-state index contributed by atoms with van der Waals surface area (Å²) in [4.78, 5) is 5.56. The Morgan fingerprint density at radius 2 is 1.63 bits per heavy atom. The SMILES string of the molecule is CCC[CH2][Sn]([CH2]CCC)([CH2]CCC)[c]1cn2cnc(CNS(C)(=O)=O)c2s1. The Hall–Kier alpha value is -0.121. The quantitative estimate of drug-likeness (QED) is 0.396. The molecule has 27 heavy (non-hydrogen) atoms. The molecule has 0 fully saturated rings. The predicted octanol–water partition coefficient (Wildman–Crippen LogP) is 4.50. The van der Waals surface area contributed by atoms with Gasteiger partial charge in [0.2, 0.25) is 0 Å². The van der Waals surface area contributed by atoms with E-state index in [-0.39, 0.29) is 6.54 Å². The Balaban J connectivity index is 2.37. The van der Waals surface area contributed by atoms with Gasteiger partial charge in [-0.2, -0.15) is 0 Å². The van der Waals surface area contributed by atoms with Crippen molar-refractivity contribution in [3.63, 3.8) is 0 Å². The number of sulfonamides is 1. The Bertz CT molecular complexity index is 792. The van der Waals surface area contributed by atoms with E-state index in [2.05, 4.69) is 41.1 Å². The summed E-state index contributed by atoms with van der Waals surface area (Å²) in [5, 5.41) is 0. The van der Waals surface area contributed by atoms with Crippen LogP contribution in [0.15, 0.2) is 12.5 Å². The Labute approximate surface area is 172 Å². The molecule has 8 heteroatoms. The van der Waals surface area contributed by atoms with Crippen LogP contribution in [0, 0.1) is 0 Å². The van der Waals surface area contributed by atoms with Crippen LogP contribution in [-0.4, -0.2) is 42.4 Å². The normalized spacial score (nSPS) is 12.9. The summed E-state index contributed by atoms with van der Waals surface area (Å²) in [5.74, 6) is 0. The van der Waals surface area contributed by atoms with Crippen molar-refractivity contribution in [1.29, 1.82) is 0 Å². The number of hydrogen-bond donors (Lipinski definition) is 1. The van der Waals surface area contributed by atoms with Gasteiger partial charge in [0, 0.05) is 0 Å². The van der Waals surface area contributed by atoms with E-state index in [0.29, 0.717) is 0 Å². The molecule has 0 aromatic carbocycles. The van der Waals surface area contributed by atoms with E-state index >= 15 is 0 Å². The molecule has 1 N–H and O–H groups in total. The van der Waals surface area contributed by atoms with Gasteiger partial charge in [-0.05, 0) is 0 Å². The number of nitrogens with one attached hydrogen (secondary N) is 1. The van der Waals surface area contributed by atoms with Crippen molar-refractivity contribution in [3.8, 4) is 0 Å². The Kier molecular flexibility index (Phi) is 9.09. The van der Waals surface area contributed by atoms with Crippen LogP contribution in [0.1, 0.15) is 65.0 Å². The molecule has 2 rings (SSSR count). The van der Waals surface area contributed by atoms with Crippen LogP contribution < -0.4 is 7.62 Å². The minimum atomic E-state index is -3.21. The van der Waals surface area contributed by atoms with Crippen LogP contribution in [0.2, 0.25) is 13.3 Å². The molecule has 0 spiro atoms. The number of imidazole rings is 1. The summed E-state index contributed by atoms with van der Waals surface area (Å²) in [5.41, 5.74) is 0.846. The number of nitrogens with zero attached hydrogens (tertiary/aromatic N) is 2. The number of aromatic nitrogens is 2. The van der Waals surface area contributed by atoms with Gasteiger partial charge in [0.25, 0.3) is 0 Å². The Morgan fingerprint density at radius 3 is 2.11 bits per heavy atom. The first-order chi connectivity index (χ1) is 12.8. The molecule has 5 nitrogen and oxygen atoms in total. The average molecular weight is 520 g/mol. The first-order valence-electron chi connectivity index (χ1n) is 10.3. The fourth-order valence-corrected chi connectivity index (χ4v) is 24.1. The van der Waals surface area contributed by atoms with E-state index in [1.54, 1.807) is 2.89 Å². The number of rotatable bonds is 13. The van der Waals surface area contributed by atoms with Crippen molar-refractivity contribution in [3.05, 3.63) is 18.2 Å². The van der Waals surface area contributed by atoms with Gasteiger partial charge >= 0.3 is 174 Å². The summed E-state index contributed by atoms with van der Waals surface area (Å²) in [6.07, 6.45) is 13.2. The molecule has 0 unspecified atom stereocenters. The van der Waals surface area contributed by atoms with Gasteiger partial charge in [-0.1, -0.05) is 0 Å². The molecule has 2 heterocycles. The molecule has 0 aliphatic rings. The van der Waals surface area contributed by atoms with E-state index in [9.17, 15) is 8.42 Å². The third-order valence-electron chi connectivity index (χ3n) is 5.33. The molecule has 0 saturated heterocycles. The number of unbranched alkanes of at least 4 members (excludes halogenated alkanes) is 3. The number of hydrogen-bond acceptors (Lipinski definition) is 4. The molecule has 0 radical (unpaired) electrons. The first kappa shape index (κ1) is 23.2. The van der Waals surface area contributed by atoms with Crippen LogP contribution >= 0.6 is 11.3 Å². The molecule has 0 amide bonds. The van der Waals surface area contributed by atoms with E-state index < -0.39 is 28.4 Å². The molecule has 154 valence electrons. The molecule has 2 aromatic heterocycles. The van der Waals surface area contributed by atoms with Crippen molar-refractivity contribution < 1.29 is 8.42 Å². The number of fused-ring (bicyclic) bond motifs is 1. The molecular weight excluding hydrogens is 485 g/mol. The zero-order chi connectivity index (χ0) is 19.9. The summed E-state index contributed by atoms with van der Waals surface area (Å²) in [7, 11) is -3.21. The molecule has 2 aromatic rings. The summed E-state index contributed by atoms with van der Waals surface area (Å²) in [6, 6.07) is 0. The van der Waals surface area contributed by atoms with Gasteiger partial charge in [0.15, 0.2) is 0 Å². The van der Waals surface area contributed by atoms with Crippen LogP contribution in [0.25, 0.3) is 4.83 Å². The first-order valence-corrected chi connectivity index (χ1v) is 20.4. The van der Waals surface area contributed by atoms with E-state index in [4.69, 9.17) is 0 Å². The van der Waals surface area contributed by atoms with Crippen LogP contribution in [-0.2, 0) is 16.6 Å². The molecule has 0 atom stereocenters. The van der Waals surface area contributed by atoms with Crippen molar-refractivity contribution in [2.75, 3.05) is 6.26 Å². The monoisotopic (exact) mass is 521 g/mol. The zero-order valence-corrected chi connectivity index (χ0v) is 21.7. The topological polar surface area (TPSA) is 63.5 Å². The molecule has 0 bridgehead atoms. The maximum absolute atomic E-state index is 11.4. The maximum atomic E-state index is 11.4. The second-order valence-corrected chi connectivity index (χ2v) is 24.7. The van der Waals surface area contributed by atoms with Gasteiger partial charge in [-0.15, -0.1) is 0 Å². The van der Waals surface area contributed by atoms with Crippen molar-refractivity contribution in [1.82, 2.24) is 14.1 Å². The fourth-order valence-electron chi connectivity index (χ4n) is 3.70. The van der Waals surface area contributed by atoms with Crippen LogP contribution in [0.4, 0.5) is 0 Å². The third-order valence-corrected chi connectivity index (χ3v) is 25.3. The third kappa shape index (κ3) is 6.44. The van der Waals surface area contributed by atoms with Crippen molar-refractivity contribution >= 4 is 47.5 Å². The van der Waals surface area contributed by atoms with E-state index in [1.807, 2.05) is 17.7 Å². The number of thiazole rings is 1. The summed E-state index contributed by atoms with van der Waals surface area (Å²) >= 11 is -0.544. The summed E-state index contributed by atoms with van der Waals surface area (Å²) < 4.78 is 33.6. The predicted molar refractivity (Wildman–Crippen MR) is 119 cm³/mol. The van der Waals surface area contributed by atoms with Gasteiger partial charge in [-0.3, -0.25) is 0 Å². The van der Waals surface area contributed by atoms with Crippen LogP contribution in [0.5, 0.6) is 0 Å². The second-order valence-electron chi connectivity index (χ2n) is 7.68. The molecule has 0 aliphatic carbocycles. The second kappa shape index (κ2) is 10.6.